The molecule has 3 rings (SSSR count). The van der Waals surface area contributed by atoms with Gasteiger partial charge in [-0.05, 0) is 203 Å². The lowest BCUT2D eigenvalue weighted by atomic mass is 10.1. The molecule has 3 aromatic rings. The Hall–Kier alpha value is -3.11. The summed E-state index contributed by atoms with van der Waals surface area (Å²) in [5.41, 5.74) is -2.49. The molecule has 0 amide bonds. The molecular formula is C42H63O6P. The number of ether oxygens (including phenoxy) is 6. The summed E-state index contributed by atoms with van der Waals surface area (Å²) in [6.45, 7) is 36.9. The second-order valence-corrected chi connectivity index (χ2v) is 20.7. The summed E-state index contributed by atoms with van der Waals surface area (Å²) >= 11 is 0. The summed E-state index contributed by atoms with van der Waals surface area (Å²) in [6, 6.07) is 18.9. The molecule has 0 bridgehead atoms. The molecule has 0 aliphatic carbocycles. The first kappa shape index (κ1) is 40.3. The van der Waals surface area contributed by atoms with E-state index in [9.17, 15) is 0 Å². The highest BCUT2D eigenvalue weighted by atomic mass is 31.1. The molecule has 272 valence electrons. The lowest BCUT2D eigenvalue weighted by molar-refractivity contribution is 0.0958. The standard InChI is InChI=1S/C42H63O6P/c1-37(2,3)43-31-22-19-28(25-34(31)46-40(10,11)12)49(29-20-23-32(44-38(4,5)6)35(26-29)47-41(13,14)15)30-21-24-33(45-39(7,8)9)36(27-30)48-42(16,17)18/h19-27H,1-18H3. The molecule has 6 nitrogen and oxygen atoms in total. The van der Waals surface area contributed by atoms with E-state index in [0.29, 0.717) is 34.5 Å². The van der Waals surface area contributed by atoms with E-state index in [1.54, 1.807) is 0 Å². The van der Waals surface area contributed by atoms with Crippen LogP contribution >= 0.6 is 7.92 Å². The van der Waals surface area contributed by atoms with Gasteiger partial charge in [0, 0.05) is 0 Å². The first-order valence-electron chi connectivity index (χ1n) is 17.3. The second-order valence-electron chi connectivity index (χ2n) is 18.5. The van der Waals surface area contributed by atoms with Crippen LogP contribution < -0.4 is 44.3 Å². The van der Waals surface area contributed by atoms with E-state index in [1.807, 2.05) is 80.5 Å². The smallest absolute Gasteiger partial charge is 0.162 e. The lowest BCUT2D eigenvalue weighted by Crippen LogP contribution is -2.29. The summed E-state index contributed by atoms with van der Waals surface area (Å²) in [4.78, 5) is 0. The van der Waals surface area contributed by atoms with Crippen LogP contribution in [0, 0.1) is 0 Å². The van der Waals surface area contributed by atoms with Gasteiger partial charge in [0.1, 0.15) is 33.6 Å². The topological polar surface area (TPSA) is 55.4 Å². The summed E-state index contributed by atoms with van der Waals surface area (Å²) in [6.07, 6.45) is 0. The van der Waals surface area contributed by atoms with E-state index in [4.69, 9.17) is 28.4 Å². The van der Waals surface area contributed by atoms with Crippen LogP contribution in [-0.4, -0.2) is 33.6 Å². The quantitative estimate of drug-likeness (QED) is 0.208. The monoisotopic (exact) mass is 694 g/mol. The van der Waals surface area contributed by atoms with Crippen molar-refractivity contribution in [1.82, 2.24) is 0 Å². The van der Waals surface area contributed by atoms with Gasteiger partial charge in [0.25, 0.3) is 0 Å². The van der Waals surface area contributed by atoms with Crippen molar-refractivity contribution in [2.75, 3.05) is 0 Å². The van der Waals surface area contributed by atoms with Crippen molar-refractivity contribution >= 4 is 23.8 Å². The molecule has 7 heteroatoms. The number of benzene rings is 3. The molecule has 3 aromatic carbocycles. The van der Waals surface area contributed by atoms with Gasteiger partial charge in [0.05, 0.1) is 0 Å². The molecule has 0 unspecified atom stereocenters. The SMILES string of the molecule is CC(C)(C)Oc1ccc(P(c2ccc(OC(C)(C)C)c(OC(C)(C)C)c2)c2ccc(OC(C)(C)C)c(OC(C)(C)C)c2)cc1OC(C)(C)C. The third-order valence-corrected chi connectivity index (χ3v) is 8.44. The fourth-order valence-electron chi connectivity index (χ4n) is 4.83. The van der Waals surface area contributed by atoms with E-state index < -0.39 is 41.5 Å². The average molecular weight is 695 g/mol. The van der Waals surface area contributed by atoms with E-state index in [0.717, 1.165) is 15.9 Å². The third kappa shape index (κ3) is 13.6. The van der Waals surface area contributed by atoms with Crippen molar-refractivity contribution in [2.45, 2.75) is 158 Å². The van der Waals surface area contributed by atoms with Crippen LogP contribution in [0.2, 0.25) is 0 Å². The molecule has 0 spiro atoms. The molecule has 49 heavy (non-hydrogen) atoms. The normalized spacial score (nSPS) is 13.3. The first-order valence-corrected chi connectivity index (χ1v) is 18.7. The zero-order valence-electron chi connectivity index (χ0n) is 33.6. The maximum atomic E-state index is 6.56. The predicted octanol–water partition coefficient (Wildman–Crippen LogP) is 10.5. The molecule has 0 atom stereocenters. The van der Waals surface area contributed by atoms with Crippen LogP contribution in [0.25, 0.3) is 0 Å². The van der Waals surface area contributed by atoms with Gasteiger partial charge in [-0.15, -0.1) is 0 Å². The van der Waals surface area contributed by atoms with Crippen LogP contribution in [0.5, 0.6) is 34.5 Å². The summed E-state index contributed by atoms with van der Waals surface area (Å²) in [5, 5.41) is 3.27. The van der Waals surface area contributed by atoms with Gasteiger partial charge in [-0.3, -0.25) is 0 Å². The van der Waals surface area contributed by atoms with Crippen LogP contribution in [-0.2, 0) is 0 Å². The minimum absolute atomic E-state index is 0.396. The zero-order chi connectivity index (χ0) is 37.4. The Morgan fingerprint density at radius 3 is 0.653 bits per heavy atom. The fourth-order valence-corrected chi connectivity index (χ4v) is 7.13. The van der Waals surface area contributed by atoms with Gasteiger partial charge < -0.3 is 28.4 Å². The number of hydrogen-bond acceptors (Lipinski definition) is 6. The lowest BCUT2D eigenvalue weighted by Gasteiger charge is -2.31. The highest BCUT2D eigenvalue weighted by Gasteiger charge is 2.28. The third-order valence-electron chi connectivity index (χ3n) is 6.05. The van der Waals surface area contributed by atoms with Crippen LogP contribution in [0.15, 0.2) is 54.6 Å². The largest absolute Gasteiger partial charge is 0.484 e. The fraction of sp³-hybridized carbons (Fsp3) is 0.571. The highest BCUT2D eigenvalue weighted by Crippen LogP contribution is 2.44. The number of hydrogen-bond donors (Lipinski definition) is 0. The van der Waals surface area contributed by atoms with E-state index in [1.165, 1.54) is 0 Å². The maximum Gasteiger partial charge on any atom is 0.162 e. The minimum Gasteiger partial charge on any atom is -0.484 e. The number of rotatable bonds is 9. The molecule has 0 N–H and O–H groups in total. The Labute approximate surface area is 298 Å². The molecule has 0 heterocycles. The van der Waals surface area contributed by atoms with E-state index >= 15 is 0 Å². The molecule has 0 fully saturated rings. The molecule has 0 aromatic heterocycles. The van der Waals surface area contributed by atoms with Crippen molar-refractivity contribution in [3.8, 4) is 34.5 Å². The van der Waals surface area contributed by atoms with Gasteiger partial charge in [0.15, 0.2) is 34.5 Å². The highest BCUT2D eigenvalue weighted by molar-refractivity contribution is 7.79. The van der Waals surface area contributed by atoms with Crippen LogP contribution in [0.1, 0.15) is 125 Å². The van der Waals surface area contributed by atoms with Gasteiger partial charge in [-0.1, -0.05) is 0 Å². The predicted molar refractivity (Wildman–Crippen MR) is 207 cm³/mol. The van der Waals surface area contributed by atoms with Crippen LogP contribution in [0.3, 0.4) is 0 Å². The van der Waals surface area contributed by atoms with Gasteiger partial charge in [-0.25, -0.2) is 0 Å². The summed E-state index contributed by atoms with van der Waals surface area (Å²) < 4.78 is 38.9. The Balaban J connectivity index is 2.39. The van der Waals surface area contributed by atoms with Crippen molar-refractivity contribution in [3.63, 3.8) is 0 Å². The van der Waals surface area contributed by atoms with Crippen molar-refractivity contribution in [3.05, 3.63) is 54.6 Å². The maximum absolute atomic E-state index is 6.56. The Bertz CT molecular complexity index is 1380. The van der Waals surface area contributed by atoms with Gasteiger partial charge in [-0.2, -0.15) is 0 Å². The van der Waals surface area contributed by atoms with E-state index in [-0.39, 0.29) is 0 Å². The van der Waals surface area contributed by atoms with Gasteiger partial charge in [0.2, 0.25) is 0 Å². The van der Waals surface area contributed by atoms with Crippen molar-refractivity contribution < 1.29 is 28.4 Å². The molecular weight excluding hydrogens is 631 g/mol. The van der Waals surface area contributed by atoms with Gasteiger partial charge >= 0.3 is 0 Å². The molecule has 0 radical (unpaired) electrons. The molecule has 0 saturated heterocycles. The Kier molecular flexibility index (Phi) is 11.7. The van der Waals surface area contributed by atoms with Crippen molar-refractivity contribution in [2.24, 2.45) is 0 Å². The van der Waals surface area contributed by atoms with Crippen LogP contribution in [0.4, 0.5) is 0 Å². The minimum atomic E-state index is -1.16. The molecule has 0 aliphatic rings. The van der Waals surface area contributed by atoms with E-state index in [2.05, 4.69) is 98.7 Å². The average Bonchev–Trinajstić information content (AvgIpc) is 2.83. The first-order chi connectivity index (χ1) is 22.0. The zero-order valence-corrected chi connectivity index (χ0v) is 34.5. The molecule has 0 aliphatic heterocycles. The molecule has 0 saturated carbocycles. The second kappa shape index (κ2) is 14.3. The Morgan fingerprint density at radius 2 is 0.469 bits per heavy atom. The summed E-state index contributed by atoms with van der Waals surface area (Å²) in [7, 11) is -1.16. The Morgan fingerprint density at radius 1 is 0.286 bits per heavy atom. The summed E-state index contributed by atoms with van der Waals surface area (Å²) in [5.74, 6) is 4.22. The van der Waals surface area contributed by atoms with Crippen molar-refractivity contribution in [1.29, 1.82) is 0 Å².